The zero-order chi connectivity index (χ0) is 25.6. The van der Waals surface area contributed by atoms with Crippen molar-refractivity contribution in [3.63, 3.8) is 0 Å². The van der Waals surface area contributed by atoms with Gasteiger partial charge in [-0.25, -0.2) is 9.79 Å². The largest absolute Gasteiger partial charge is 0.506 e. The average Bonchev–Trinajstić information content (AvgIpc) is 3.42. The van der Waals surface area contributed by atoms with E-state index in [-0.39, 0.29) is 17.9 Å². The number of fused-ring (bicyclic) bond motifs is 1. The highest BCUT2D eigenvalue weighted by molar-refractivity contribution is 8.18. The molecule has 1 aliphatic rings. The van der Waals surface area contributed by atoms with Crippen LogP contribution in [-0.2, 0) is 16.1 Å². The van der Waals surface area contributed by atoms with Gasteiger partial charge in [-0.15, -0.1) is 0 Å². The lowest BCUT2D eigenvalue weighted by atomic mass is 10.1. The van der Waals surface area contributed by atoms with E-state index in [9.17, 15) is 9.90 Å². The van der Waals surface area contributed by atoms with Crippen molar-refractivity contribution in [2.24, 2.45) is 4.99 Å². The number of aliphatic hydroxyl groups is 1. The molecule has 1 N–H and O–H groups in total. The van der Waals surface area contributed by atoms with Gasteiger partial charge < -0.3 is 19.1 Å². The van der Waals surface area contributed by atoms with Crippen LogP contribution in [0.3, 0.4) is 0 Å². The molecule has 0 saturated carbocycles. The molecular formula is C30H26N2O4S. The number of carbonyl (C=O) groups is 1. The van der Waals surface area contributed by atoms with E-state index in [0.717, 1.165) is 22.2 Å². The molecule has 186 valence electrons. The van der Waals surface area contributed by atoms with Crippen LogP contribution in [0.5, 0.6) is 5.75 Å². The Balaban J connectivity index is 1.48. The van der Waals surface area contributed by atoms with E-state index in [2.05, 4.69) is 15.6 Å². The summed E-state index contributed by atoms with van der Waals surface area (Å²) < 4.78 is 13.3. The van der Waals surface area contributed by atoms with Crippen LogP contribution >= 0.6 is 11.8 Å². The van der Waals surface area contributed by atoms with E-state index < -0.39 is 5.97 Å². The zero-order valence-electron chi connectivity index (χ0n) is 20.3. The van der Waals surface area contributed by atoms with Crippen LogP contribution in [0.15, 0.2) is 112 Å². The Labute approximate surface area is 219 Å². The molecule has 0 unspecified atom stereocenters. The molecule has 5 rings (SSSR count). The molecule has 1 aliphatic heterocycles. The van der Waals surface area contributed by atoms with Crippen molar-refractivity contribution in [2.45, 2.75) is 13.5 Å². The third kappa shape index (κ3) is 5.47. The second kappa shape index (κ2) is 11.2. The van der Waals surface area contributed by atoms with Gasteiger partial charge in [-0.2, -0.15) is 0 Å². The highest BCUT2D eigenvalue weighted by atomic mass is 32.2. The fourth-order valence-electron chi connectivity index (χ4n) is 4.11. The number of carbonyl (C=O) groups excluding carboxylic acids is 1. The lowest BCUT2D eigenvalue weighted by Gasteiger charge is -2.08. The lowest BCUT2D eigenvalue weighted by molar-refractivity contribution is -0.138. The Morgan fingerprint density at radius 2 is 1.70 bits per heavy atom. The standard InChI is InChI=1S/C30H26N2O4S/c1-2-35-30(34)27-28(33)26(37-29(27)31-22-11-5-3-6-12-22)19-21-20-32(25-16-10-9-15-24(21)25)17-18-36-23-13-7-4-8-14-23/h3-16,19-20,33H,2,17-18H2,1H3/b26-19-,31-29?. The smallest absolute Gasteiger partial charge is 0.344 e. The molecule has 0 spiro atoms. The van der Waals surface area contributed by atoms with Crippen molar-refractivity contribution in [3.8, 4) is 5.75 Å². The molecule has 3 aromatic carbocycles. The summed E-state index contributed by atoms with van der Waals surface area (Å²) in [6.07, 6.45) is 3.93. The minimum atomic E-state index is -0.592. The summed E-state index contributed by atoms with van der Waals surface area (Å²) in [6.45, 7) is 3.11. The first kappa shape index (κ1) is 24.5. The van der Waals surface area contributed by atoms with Crippen LogP contribution in [0, 0.1) is 0 Å². The monoisotopic (exact) mass is 510 g/mol. The van der Waals surface area contributed by atoms with Gasteiger partial charge >= 0.3 is 5.97 Å². The molecular weight excluding hydrogens is 484 g/mol. The second-order valence-electron chi connectivity index (χ2n) is 8.26. The van der Waals surface area contributed by atoms with E-state index in [0.29, 0.717) is 28.8 Å². The number of nitrogens with zero attached hydrogens (tertiary/aromatic N) is 2. The molecule has 7 heteroatoms. The first-order valence-corrected chi connectivity index (χ1v) is 12.9. The van der Waals surface area contributed by atoms with Crippen molar-refractivity contribution < 1.29 is 19.4 Å². The van der Waals surface area contributed by atoms with Gasteiger partial charge in [-0.3, -0.25) is 0 Å². The number of hydrogen-bond donors (Lipinski definition) is 1. The molecule has 0 radical (unpaired) electrons. The molecule has 1 aromatic heterocycles. The van der Waals surface area contributed by atoms with Crippen LogP contribution in [0.25, 0.3) is 17.0 Å². The maximum Gasteiger partial charge on any atom is 0.344 e. The van der Waals surface area contributed by atoms with E-state index in [1.807, 2.05) is 91.1 Å². The Kier molecular flexibility index (Phi) is 7.42. The van der Waals surface area contributed by atoms with Crippen LogP contribution < -0.4 is 4.74 Å². The Morgan fingerprint density at radius 1 is 1.00 bits per heavy atom. The van der Waals surface area contributed by atoms with Gasteiger partial charge in [0.25, 0.3) is 0 Å². The van der Waals surface area contributed by atoms with Crippen molar-refractivity contribution >= 4 is 45.4 Å². The van der Waals surface area contributed by atoms with Gasteiger partial charge in [0.05, 0.1) is 23.7 Å². The Hall–Kier alpha value is -4.23. The van der Waals surface area contributed by atoms with Gasteiger partial charge in [-0.1, -0.05) is 66.4 Å². The van der Waals surface area contributed by atoms with E-state index in [1.165, 1.54) is 11.8 Å². The van der Waals surface area contributed by atoms with E-state index in [4.69, 9.17) is 9.47 Å². The summed E-state index contributed by atoms with van der Waals surface area (Å²) in [5.41, 5.74) is 2.76. The topological polar surface area (TPSA) is 73.0 Å². The highest BCUT2D eigenvalue weighted by Crippen LogP contribution is 2.41. The number of ether oxygens (including phenoxy) is 2. The number of aliphatic imine (C=N–C) groups is 1. The van der Waals surface area contributed by atoms with Gasteiger partial charge in [0.2, 0.25) is 0 Å². The predicted molar refractivity (Wildman–Crippen MR) is 149 cm³/mol. The fourth-order valence-corrected chi connectivity index (χ4v) is 5.13. The van der Waals surface area contributed by atoms with Crippen molar-refractivity contribution in [1.29, 1.82) is 0 Å². The number of benzene rings is 3. The molecule has 0 saturated heterocycles. The van der Waals surface area contributed by atoms with Gasteiger partial charge in [0.15, 0.2) is 0 Å². The first-order chi connectivity index (χ1) is 18.1. The third-order valence-electron chi connectivity index (χ3n) is 5.81. The summed E-state index contributed by atoms with van der Waals surface area (Å²) in [6, 6.07) is 27.2. The van der Waals surface area contributed by atoms with Gasteiger partial charge in [0, 0.05) is 22.7 Å². The number of aliphatic hydroxyl groups excluding tert-OH is 1. The molecule has 0 amide bonds. The first-order valence-electron chi connectivity index (χ1n) is 12.0. The maximum absolute atomic E-state index is 12.7. The Bertz CT molecular complexity index is 1500. The minimum absolute atomic E-state index is 0.0851. The van der Waals surface area contributed by atoms with Crippen molar-refractivity contribution in [2.75, 3.05) is 13.2 Å². The molecule has 2 heterocycles. The second-order valence-corrected chi connectivity index (χ2v) is 9.29. The van der Waals surface area contributed by atoms with Gasteiger partial charge in [-0.05, 0) is 43.3 Å². The van der Waals surface area contributed by atoms with Crippen molar-refractivity contribution in [1.82, 2.24) is 4.57 Å². The maximum atomic E-state index is 12.7. The van der Waals surface area contributed by atoms with Crippen LogP contribution in [0.1, 0.15) is 12.5 Å². The summed E-state index contributed by atoms with van der Waals surface area (Å²) in [7, 11) is 0. The van der Waals surface area contributed by atoms with Crippen LogP contribution in [0.4, 0.5) is 5.69 Å². The fraction of sp³-hybridized carbons (Fsp3) is 0.133. The summed E-state index contributed by atoms with van der Waals surface area (Å²) >= 11 is 1.26. The van der Waals surface area contributed by atoms with E-state index >= 15 is 0 Å². The summed E-state index contributed by atoms with van der Waals surface area (Å²) in [5, 5.41) is 12.5. The molecule has 0 atom stereocenters. The molecule has 0 fully saturated rings. The minimum Gasteiger partial charge on any atom is -0.506 e. The molecule has 6 nitrogen and oxygen atoms in total. The number of rotatable bonds is 8. The van der Waals surface area contributed by atoms with Crippen LogP contribution in [-0.4, -0.2) is 33.9 Å². The number of hydrogen-bond acceptors (Lipinski definition) is 6. The SMILES string of the molecule is CCOC(=O)C1=C(O)/C(=C/c2cn(CCOc3ccccc3)c3ccccc23)SC1=Nc1ccccc1. The third-order valence-corrected chi connectivity index (χ3v) is 6.83. The Morgan fingerprint density at radius 3 is 2.46 bits per heavy atom. The highest BCUT2D eigenvalue weighted by Gasteiger charge is 2.33. The zero-order valence-corrected chi connectivity index (χ0v) is 21.2. The molecule has 37 heavy (non-hydrogen) atoms. The van der Waals surface area contributed by atoms with Crippen LogP contribution in [0.2, 0.25) is 0 Å². The molecule has 0 bridgehead atoms. The number of thioether (sulfide) groups is 1. The average molecular weight is 511 g/mol. The lowest BCUT2D eigenvalue weighted by Crippen LogP contribution is -2.12. The molecule has 0 aliphatic carbocycles. The number of para-hydroxylation sites is 3. The molecule has 4 aromatic rings. The predicted octanol–water partition coefficient (Wildman–Crippen LogP) is 6.91. The van der Waals surface area contributed by atoms with E-state index in [1.54, 1.807) is 6.92 Å². The normalized spacial score (nSPS) is 15.6. The van der Waals surface area contributed by atoms with Crippen molar-refractivity contribution in [3.05, 3.63) is 113 Å². The van der Waals surface area contributed by atoms with Gasteiger partial charge in [0.1, 0.15) is 28.7 Å². The number of esters is 1. The quantitative estimate of drug-likeness (QED) is 0.261. The summed E-state index contributed by atoms with van der Waals surface area (Å²) in [4.78, 5) is 17.9. The number of aromatic nitrogens is 1. The summed E-state index contributed by atoms with van der Waals surface area (Å²) in [5.74, 6) is 0.115.